The summed E-state index contributed by atoms with van der Waals surface area (Å²) in [4.78, 5) is 0. The molecule has 1 aliphatic carbocycles. The number of hydrogen-bond donors (Lipinski definition) is 3. The number of hydrogen-bond acceptors (Lipinski definition) is 4. The Kier molecular flexibility index (Phi) is 2.47. The minimum Gasteiger partial charge on any atom is -0.384 e. The molecule has 1 fully saturated rings. The highest BCUT2D eigenvalue weighted by molar-refractivity contribution is 6.30. The zero-order valence-corrected chi connectivity index (χ0v) is 10.5. The third-order valence-corrected chi connectivity index (χ3v) is 4.06. The molecule has 4 N–H and O–H groups in total. The monoisotopic (exact) mass is 260 g/mol. The Morgan fingerprint density at radius 3 is 2.56 bits per heavy atom. The molecule has 4 nitrogen and oxygen atoms in total. The molecule has 1 atom stereocenters. The molecule has 0 radical (unpaired) electrons. The lowest BCUT2D eigenvalue weighted by Crippen LogP contribution is -2.42. The van der Waals surface area contributed by atoms with Crippen LogP contribution in [0.4, 0.5) is 0 Å². The van der Waals surface area contributed by atoms with Crippen LogP contribution in [-0.2, 0) is 5.41 Å². The number of hydrazine groups is 1. The van der Waals surface area contributed by atoms with Gasteiger partial charge in [0.05, 0.1) is 11.6 Å². The topological polar surface area (TPSA) is 73.9 Å². The molecule has 92 valence electrons. The summed E-state index contributed by atoms with van der Waals surface area (Å²) in [5, 5.41) is 9.92. The maximum absolute atomic E-state index is 9.20. The van der Waals surface area contributed by atoms with Crippen LogP contribution >= 0.6 is 11.6 Å². The molecule has 1 unspecified atom stereocenters. The summed E-state index contributed by atoms with van der Waals surface area (Å²) in [5.41, 5.74) is 13.5. The normalized spacial score (nSPS) is 24.6. The lowest BCUT2D eigenvalue weighted by molar-refractivity contribution is 0.470. The highest BCUT2D eigenvalue weighted by Crippen LogP contribution is 2.53. The lowest BCUT2D eigenvalue weighted by Gasteiger charge is -2.23. The molecule has 1 saturated carbocycles. The fraction of sp³-hybridized carbons (Fsp3) is 0.308. The standard InChI is InChI=1S/C13H13ClN4/c14-9-3-1-8(2-4-9)13(5-6-13)11-10(7-15)12(16)18-17-11/h1-4,11,17-18H,5-6,16H2. The first-order valence-corrected chi connectivity index (χ1v) is 6.22. The summed E-state index contributed by atoms with van der Waals surface area (Å²) in [6, 6.07) is 9.97. The van der Waals surface area contributed by atoms with Crippen molar-refractivity contribution in [3.05, 3.63) is 46.2 Å². The van der Waals surface area contributed by atoms with Gasteiger partial charge in [-0.25, -0.2) is 5.43 Å². The van der Waals surface area contributed by atoms with E-state index in [4.69, 9.17) is 17.3 Å². The molecule has 5 heteroatoms. The predicted molar refractivity (Wildman–Crippen MR) is 69.2 cm³/mol. The maximum Gasteiger partial charge on any atom is 0.126 e. The number of benzene rings is 1. The first kappa shape index (κ1) is 11.4. The van der Waals surface area contributed by atoms with Gasteiger partial charge >= 0.3 is 0 Å². The first-order chi connectivity index (χ1) is 8.67. The molecule has 0 amide bonds. The minimum atomic E-state index is -0.0522. The average molecular weight is 261 g/mol. The molecule has 0 saturated heterocycles. The van der Waals surface area contributed by atoms with E-state index in [1.54, 1.807) is 0 Å². The minimum absolute atomic E-state index is 0.0240. The molecular weight excluding hydrogens is 248 g/mol. The Balaban J connectivity index is 1.97. The number of rotatable bonds is 2. The molecule has 0 bridgehead atoms. The van der Waals surface area contributed by atoms with Crippen molar-refractivity contribution in [1.29, 1.82) is 5.26 Å². The quantitative estimate of drug-likeness (QED) is 0.754. The Morgan fingerprint density at radius 1 is 1.33 bits per heavy atom. The maximum atomic E-state index is 9.20. The van der Waals surface area contributed by atoms with Gasteiger partial charge < -0.3 is 11.2 Å². The molecular formula is C13H13ClN4. The van der Waals surface area contributed by atoms with E-state index in [0.29, 0.717) is 11.4 Å². The van der Waals surface area contributed by atoms with Crippen molar-refractivity contribution in [3.63, 3.8) is 0 Å². The van der Waals surface area contributed by atoms with Gasteiger partial charge in [-0.15, -0.1) is 0 Å². The van der Waals surface area contributed by atoms with E-state index >= 15 is 0 Å². The van der Waals surface area contributed by atoms with E-state index in [-0.39, 0.29) is 11.5 Å². The summed E-state index contributed by atoms with van der Waals surface area (Å²) in [6.45, 7) is 0. The molecule has 1 aromatic carbocycles. The largest absolute Gasteiger partial charge is 0.384 e. The van der Waals surface area contributed by atoms with Crippen LogP contribution in [-0.4, -0.2) is 6.04 Å². The molecule has 0 aromatic heterocycles. The molecule has 2 aliphatic rings. The third kappa shape index (κ3) is 1.56. The van der Waals surface area contributed by atoms with Crippen molar-refractivity contribution < 1.29 is 0 Å². The third-order valence-electron chi connectivity index (χ3n) is 3.81. The SMILES string of the molecule is N#CC1=C(N)NNC1C1(c2ccc(Cl)cc2)CC1. The van der Waals surface area contributed by atoms with Gasteiger partial charge in [-0.3, -0.25) is 0 Å². The van der Waals surface area contributed by atoms with E-state index in [9.17, 15) is 5.26 Å². The van der Waals surface area contributed by atoms with Gasteiger partial charge in [0.15, 0.2) is 0 Å². The second kappa shape index (κ2) is 3.91. The second-order valence-corrected chi connectivity index (χ2v) is 5.24. The summed E-state index contributed by atoms with van der Waals surface area (Å²) in [7, 11) is 0. The van der Waals surface area contributed by atoms with Gasteiger partial charge in [0.2, 0.25) is 0 Å². The van der Waals surface area contributed by atoms with E-state index in [0.717, 1.165) is 17.9 Å². The van der Waals surface area contributed by atoms with E-state index < -0.39 is 0 Å². The van der Waals surface area contributed by atoms with Crippen LogP contribution < -0.4 is 16.6 Å². The summed E-state index contributed by atoms with van der Waals surface area (Å²) < 4.78 is 0. The van der Waals surface area contributed by atoms with E-state index in [1.807, 2.05) is 24.3 Å². The fourth-order valence-electron chi connectivity index (χ4n) is 2.64. The zero-order chi connectivity index (χ0) is 12.8. The van der Waals surface area contributed by atoms with Crippen LogP contribution in [0.15, 0.2) is 35.7 Å². The molecule has 18 heavy (non-hydrogen) atoms. The smallest absolute Gasteiger partial charge is 0.126 e. The number of halogens is 1. The zero-order valence-electron chi connectivity index (χ0n) is 9.70. The number of nitrogens with zero attached hydrogens (tertiary/aromatic N) is 1. The highest BCUT2D eigenvalue weighted by Gasteiger charge is 2.54. The van der Waals surface area contributed by atoms with E-state index in [2.05, 4.69) is 16.9 Å². The van der Waals surface area contributed by atoms with Gasteiger partial charge in [0.25, 0.3) is 0 Å². The Hall–Kier alpha value is -1.70. The molecule has 1 heterocycles. The van der Waals surface area contributed by atoms with Gasteiger partial charge in [-0.05, 0) is 30.5 Å². The van der Waals surface area contributed by atoms with Crippen LogP contribution in [0.3, 0.4) is 0 Å². The van der Waals surface area contributed by atoms with Gasteiger partial charge in [0, 0.05) is 10.4 Å². The molecule has 0 spiro atoms. The van der Waals surface area contributed by atoms with Crippen LogP contribution in [0, 0.1) is 11.3 Å². The van der Waals surface area contributed by atoms with Crippen molar-refractivity contribution in [2.75, 3.05) is 0 Å². The summed E-state index contributed by atoms with van der Waals surface area (Å²) in [6.07, 6.45) is 2.10. The van der Waals surface area contributed by atoms with Crippen molar-refractivity contribution in [2.45, 2.75) is 24.3 Å². The summed E-state index contributed by atoms with van der Waals surface area (Å²) in [5.74, 6) is 0.433. The fourth-order valence-corrected chi connectivity index (χ4v) is 2.77. The Labute approximate surface area is 110 Å². The van der Waals surface area contributed by atoms with Crippen LogP contribution in [0.2, 0.25) is 5.02 Å². The van der Waals surface area contributed by atoms with Crippen LogP contribution in [0.25, 0.3) is 0 Å². The second-order valence-electron chi connectivity index (χ2n) is 4.80. The highest BCUT2D eigenvalue weighted by atomic mass is 35.5. The summed E-state index contributed by atoms with van der Waals surface area (Å²) >= 11 is 5.91. The van der Waals surface area contributed by atoms with Gasteiger partial charge in [0.1, 0.15) is 11.9 Å². The van der Waals surface area contributed by atoms with Crippen molar-refractivity contribution in [2.24, 2.45) is 5.73 Å². The Morgan fingerprint density at radius 2 is 2.00 bits per heavy atom. The number of nitrogens with two attached hydrogens (primary N) is 1. The van der Waals surface area contributed by atoms with Crippen molar-refractivity contribution in [3.8, 4) is 6.07 Å². The number of nitrogens with one attached hydrogen (secondary N) is 2. The van der Waals surface area contributed by atoms with Gasteiger partial charge in [-0.1, -0.05) is 23.7 Å². The Bertz CT molecular complexity index is 551. The lowest BCUT2D eigenvalue weighted by atomic mass is 9.85. The first-order valence-electron chi connectivity index (χ1n) is 5.85. The van der Waals surface area contributed by atoms with E-state index in [1.165, 1.54) is 5.56 Å². The predicted octanol–water partition coefficient (Wildman–Crippen LogP) is 1.54. The molecule has 1 aliphatic heterocycles. The average Bonchev–Trinajstić information content (AvgIpc) is 3.08. The van der Waals surface area contributed by atoms with Crippen molar-refractivity contribution in [1.82, 2.24) is 10.9 Å². The number of nitriles is 1. The van der Waals surface area contributed by atoms with Gasteiger partial charge in [-0.2, -0.15) is 5.26 Å². The van der Waals surface area contributed by atoms with Crippen molar-refractivity contribution >= 4 is 11.6 Å². The van der Waals surface area contributed by atoms with Crippen LogP contribution in [0.1, 0.15) is 18.4 Å². The molecule has 1 aromatic rings. The molecule has 3 rings (SSSR count). The van der Waals surface area contributed by atoms with Crippen LogP contribution in [0.5, 0.6) is 0 Å².